The summed E-state index contributed by atoms with van der Waals surface area (Å²) in [5, 5.41) is 0. The van der Waals surface area contributed by atoms with E-state index in [4.69, 9.17) is 0 Å². The Bertz CT molecular complexity index is 227. The molecule has 0 radical (unpaired) electrons. The van der Waals surface area contributed by atoms with Crippen LogP contribution >= 0.6 is 0 Å². The Balaban J connectivity index is 0.000000561. The van der Waals surface area contributed by atoms with E-state index in [-0.39, 0.29) is 0 Å². The molecule has 0 bridgehead atoms. The lowest BCUT2D eigenvalue weighted by Gasteiger charge is -1.99. The topological polar surface area (TPSA) is 0 Å². The minimum Gasteiger partial charge on any atom is -0.203 e. The molecule has 2 heteroatoms. The molecule has 0 aliphatic carbocycles. The maximum Gasteiger partial charge on any atom is 0.161 e. The van der Waals surface area contributed by atoms with E-state index < -0.39 is 11.6 Å². The van der Waals surface area contributed by atoms with E-state index in [0.717, 1.165) is 0 Å². The molecule has 0 aromatic heterocycles. The van der Waals surface area contributed by atoms with Gasteiger partial charge in [-0.15, -0.1) is 0 Å². The molecule has 0 aliphatic rings. The highest BCUT2D eigenvalue weighted by Gasteiger charge is 2.05. The Hall–Kier alpha value is -0.920. The number of rotatable bonds is 0. The molecule has 0 saturated heterocycles. The molecule has 0 aliphatic heterocycles. The van der Waals surface area contributed by atoms with Crippen LogP contribution in [0, 0.1) is 25.5 Å². The van der Waals surface area contributed by atoms with Crippen molar-refractivity contribution in [3.8, 4) is 0 Å². The molecule has 0 atom stereocenters. The fourth-order valence-electron chi connectivity index (χ4n) is 0.743. The molecule has 12 heavy (non-hydrogen) atoms. The van der Waals surface area contributed by atoms with Crippen molar-refractivity contribution in [3.05, 3.63) is 34.9 Å². The average molecular weight is 172 g/mol. The van der Waals surface area contributed by atoms with E-state index in [0.29, 0.717) is 11.1 Å². The monoisotopic (exact) mass is 172 g/mol. The van der Waals surface area contributed by atoms with E-state index in [1.807, 2.05) is 13.8 Å². The van der Waals surface area contributed by atoms with Gasteiger partial charge in [-0.25, -0.2) is 8.78 Å². The number of halogens is 2. The molecule has 0 unspecified atom stereocenters. The summed E-state index contributed by atoms with van der Waals surface area (Å²) in [6.07, 6.45) is 0. The Labute approximate surface area is 72.2 Å². The van der Waals surface area contributed by atoms with Crippen LogP contribution in [0.2, 0.25) is 0 Å². The Morgan fingerprint density at radius 1 is 0.833 bits per heavy atom. The molecule has 0 saturated carbocycles. The molecule has 0 amide bonds. The molecule has 1 aromatic rings. The summed E-state index contributed by atoms with van der Waals surface area (Å²) in [5.41, 5.74) is 0.700. The number of hydrogen-bond acceptors (Lipinski definition) is 0. The summed E-state index contributed by atoms with van der Waals surface area (Å²) < 4.78 is 25.2. The SMILES string of the molecule is CC.Cc1ccc(C)c(F)c1F. The third kappa shape index (κ3) is 2.29. The summed E-state index contributed by atoms with van der Waals surface area (Å²) in [7, 11) is 0. The largest absolute Gasteiger partial charge is 0.203 e. The summed E-state index contributed by atoms with van der Waals surface area (Å²) >= 11 is 0. The van der Waals surface area contributed by atoms with E-state index >= 15 is 0 Å². The molecule has 0 spiro atoms. The van der Waals surface area contributed by atoms with Gasteiger partial charge in [0, 0.05) is 0 Å². The van der Waals surface area contributed by atoms with Crippen LogP contribution in [0.3, 0.4) is 0 Å². The van der Waals surface area contributed by atoms with Gasteiger partial charge in [0.25, 0.3) is 0 Å². The molecular formula is C10H14F2. The number of hydrogen-bond donors (Lipinski definition) is 0. The lowest BCUT2D eigenvalue weighted by Crippen LogP contribution is -1.91. The molecule has 0 heterocycles. The summed E-state index contributed by atoms with van der Waals surface area (Å²) in [6.45, 7) is 7.08. The van der Waals surface area contributed by atoms with Crippen LogP contribution in [-0.4, -0.2) is 0 Å². The molecule has 0 nitrogen and oxygen atoms in total. The fraction of sp³-hybridized carbons (Fsp3) is 0.400. The van der Waals surface area contributed by atoms with Crippen molar-refractivity contribution in [1.82, 2.24) is 0 Å². The Morgan fingerprint density at radius 2 is 1.08 bits per heavy atom. The number of benzene rings is 1. The number of aryl methyl sites for hydroxylation is 2. The van der Waals surface area contributed by atoms with Crippen molar-refractivity contribution in [3.63, 3.8) is 0 Å². The van der Waals surface area contributed by atoms with Gasteiger partial charge in [-0.05, 0) is 25.0 Å². The lowest BCUT2D eigenvalue weighted by atomic mass is 10.1. The minimum absolute atomic E-state index is 0.350. The second kappa shape index (κ2) is 4.86. The molecule has 1 aromatic carbocycles. The van der Waals surface area contributed by atoms with Gasteiger partial charge in [0.2, 0.25) is 0 Å². The van der Waals surface area contributed by atoms with Crippen molar-refractivity contribution in [2.75, 3.05) is 0 Å². The van der Waals surface area contributed by atoms with E-state index in [1.54, 1.807) is 12.1 Å². The van der Waals surface area contributed by atoms with Crippen molar-refractivity contribution in [2.45, 2.75) is 27.7 Å². The quantitative estimate of drug-likeness (QED) is 0.560. The van der Waals surface area contributed by atoms with Crippen LogP contribution in [0.4, 0.5) is 8.78 Å². The zero-order chi connectivity index (χ0) is 9.72. The van der Waals surface area contributed by atoms with Crippen LogP contribution in [0.15, 0.2) is 12.1 Å². The van der Waals surface area contributed by atoms with Gasteiger partial charge in [-0.2, -0.15) is 0 Å². The zero-order valence-electron chi connectivity index (χ0n) is 7.91. The average Bonchev–Trinajstić information content (AvgIpc) is 2.12. The summed E-state index contributed by atoms with van der Waals surface area (Å²) in [6, 6.07) is 3.13. The smallest absolute Gasteiger partial charge is 0.161 e. The highest BCUT2D eigenvalue weighted by atomic mass is 19.2. The molecular weight excluding hydrogens is 158 g/mol. The van der Waals surface area contributed by atoms with Gasteiger partial charge in [-0.3, -0.25) is 0 Å². The van der Waals surface area contributed by atoms with Crippen molar-refractivity contribution in [1.29, 1.82) is 0 Å². The first-order chi connectivity index (χ1) is 5.63. The molecule has 0 N–H and O–H groups in total. The van der Waals surface area contributed by atoms with Crippen LogP contribution in [0.1, 0.15) is 25.0 Å². The van der Waals surface area contributed by atoms with Crippen LogP contribution in [0.25, 0.3) is 0 Å². The minimum atomic E-state index is -0.736. The van der Waals surface area contributed by atoms with Crippen LogP contribution in [0.5, 0.6) is 0 Å². The normalized spacial score (nSPS) is 8.83. The first kappa shape index (κ1) is 11.1. The third-order valence-electron chi connectivity index (χ3n) is 1.47. The molecule has 0 fully saturated rings. The maximum absolute atomic E-state index is 12.6. The Kier molecular flexibility index (Phi) is 4.49. The van der Waals surface area contributed by atoms with Gasteiger partial charge < -0.3 is 0 Å². The van der Waals surface area contributed by atoms with Crippen LogP contribution < -0.4 is 0 Å². The maximum atomic E-state index is 12.6. The Morgan fingerprint density at radius 3 is 1.33 bits per heavy atom. The fourth-order valence-corrected chi connectivity index (χ4v) is 0.743. The van der Waals surface area contributed by atoms with Gasteiger partial charge in [0.15, 0.2) is 11.6 Å². The second-order valence-electron chi connectivity index (χ2n) is 2.33. The van der Waals surface area contributed by atoms with Gasteiger partial charge in [0.1, 0.15) is 0 Å². The second-order valence-corrected chi connectivity index (χ2v) is 2.33. The predicted octanol–water partition coefficient (Wildman–Crippen LogP) is 3.61. The van der Waals surface area contributed by atoms with Crippen molar-refractivity contribution in [2.24, 2.45) is 0 Å². The first-order valence-electron chi connectivity index (χ1n) is 4.04. The molecule has 68 valence electrons. The molecule has 1 rings (SSSR count). The third-order valence-corrected chi connectivity index (χ3v) is 1.47. The van der Waals surface area contributed by atoms with Crippen molar-refractivity contribution >= 4 is 0 Å². The first-order valence-corrected chi connectivity index (χ1v) is 4.04. The van der Waals surface area contributed by atoms with Gasteiger partial charge >= 0.3 is 0 Å². The predicted molar refractivity (Wildman–Crippen MR) is 47.2 cm³/mol. The van der Waals surface area contributed by atoms with E-state index in [9.17, 15) is 8.78 Å². The van der Waals surface area contributed by atoms with E-state index in [1.165, 1.54) is 13.8 Å². The highest BCUT2D eigenvalue weighted by molar-refractivity contribution is 5.23. The van der Waals surface area contributed by atoms with Crippen molar-refractivity contribution < 1.29 is 8.78 Å². The zero-order valence-corrected chi connectivity index (χ0v) is 7.91. The van der Waals surface area contributed by atoms with Crippen LogP contribution in [-0.2, 0) is 0 Å². The lowest BCUT2D eigenvalue weighted by molar-refractivity contribution is 0.497. The standard InChI is InChI=1S/C8H8F2.C2H6/c1-5-3-4-6(2)8(10)7(5)9;1-2/h3-4H,1-2H3;1-2H3. The summed E-state index contributed by atoms with van der Waals surface area (Å²) in [4.78, 5) is 0. The van der Waals surface area contributed by atoms with E-state index in [2.05, 4.69) is 0 Å². The highest BCUT2D eigenvalue weighted by Crippen LogP contribution is 2.13. The van der Waals surface area contributed by atoms with Gasteiger partial charge in [-0.1, -0.05) is 26.0 Å². The van der Waals surface area contributed by atoms with Gasteiger partial charge in [0.05, 0.1) is 0 Å². The summed E-state index contributed by atoms with van der Waals surface area (Å²) in [5.74, 6) is -1.47.